The maximum atomic E-state index is 13.0. The van der Waals surface area contributed by atoms with E-state index in [0.29, 0.717) is 34.4 Å². The Morgan fingerprint density at radius 2 is 1.90 bits per heavy atom. The number of hydrogen-bond donors (Lipinski definition) is 0. The van der Waals surface area contributed by atoms with Crippen molar-refractivity contribution in [3.63, 3.8) is 0 Å². The number of thioether (sulfide) groups is 1. The molecule has 3 rings (SSSR count). The number of nitrogens with zero attached hydrogens (tertiary/aromatic N) is 4. The zero-order valence-electron chi connectivity index (χ0n) is 18.3. The molecule has 0 bridgehead atoms. The summed E-state index contributed by atoms with van der Waals surface area (Å²) in [6.07, 6.45) is 6.94. The van der Waals surface area contributed by atoms with Crippen LogP contribution in [0.25, 0.3) is 6.08 Å². The normalized spacial score (nSPS) is 18.6. The molecule has 7 nitrogen and oxygen atoms in total. The van der Waals surface area contributed by atoms with Crippen LogP contribution in [-0.2, 0) is 16.6 Å². The third kappa shape index (κ3) is 4.86. The Bertz CT molecular complexity index is 1000. The Hall–Kier alpha value is -2.15. The van der Waals surface area contributed by atoms with Gasteiger partial charge in [-0.15, -0.1) is 0 Å². The van der Waals surface area contributed by atoms with E-state index in [9.17, 15) is 14.9 Å². The molecule has 2 aliphatic rings. The lowest BCUT2D eigenvalue weighted by atomic mass is 10.0. The number of nitriles is 1. The van der Waals surface area contributed by atoms with Gasteiger partial charge in [0.05, 0.1) is 4.91 Å². The molecule has 1 aromatic rings. The molecular weight excluding hydrogens is 432 g/mol. The highest BCUT2D eigenvalue weighted by Crippen LogP contribution is 2.36. The van der Waals surface area contributed by atoms with Crippen molar-refractivity contribution in [1.29, 1.82) is 5.26 Å². The lowest BCUT2D eigenvalue weighted by Gasteiger charge is -2.28. The highest BCUT2D eigenvalue weighted by Gasteiger charge is 2.32. The summed E-state index contributed by atoms with van der Waals surface area (Å²) in [5.74, 6) is 0.632. The molecule has 2 aliphatic heterocycles. The molecule has 1 amide bonds. The predicted molar refractivity (Wildman–Crippen MR) is 128 cm³/mol. The minimum atomic E-state index is -0.302. The highest BCUT2D eigenvalue weighted by atomic mass is 32.2. The van der Waals surface area contributed by atoms with Crippen LogP contribution in [0.2, 0.25) is 0 Å². The first-order valence-electron chi connectivity index (χ1n) is 10.5. The van der Waals surface area contributed by atoms with Gasteiger partial charge < -0.3 is 9.64 Å². The number of aromatic nitrogens is 1. The first-order chi connectivity index (χ1) is 14.9. The van der Waals surface area contributed by atoms with Gasteiger partial charge >= 0.3 is 0 Å². The second-order valence-electron chi connectivity index (χ2n) is 7.79. The molecule has 0 aromatic carbocycles. The van der Waals surface area contributed by atoms with Crippen molar-refractivity contribution >= 4 is 46.1 Å². The van der Waals surface area contributed by atoms with Gasteiger partial charge in [0, 0.05) is 46.0 Å². The average Bonchev–Trinajstić information content (AvgIpc) is 2.93. The maximum Gasteiger partial charge on any atom is 0.270 e. The predicted octanol–water partition coefficient (Wildman–Crippen LogP) is 3.18. The van der Waals surface area contributed by atoms with E-state index in [1.54, 1.807) is 30.5 Å². The molecule has 2 saturated heterocycles. The fraction of sp³-hybridized carbons (Fsp3) is 0.545. The number of pyridine rings is 1. The number of anilines is 1. The van der Waals surface area contributed by atoms with E-state index in [2.05, 4.69) is 11.0 Å². The molecule has 0 saturated carbocycles. The van der Waals surface area contributed by atoms with E-state index >= 15 is 0 Å². The van der Waals surface area contributed by atoms with Gasteiger partial charge in [-0.25, -0.2) is 0 Å². The molecule has 166 valence electrons. The molecule has 2 fully saturated rings. The molecule has 0 atom stereocenters. The van der Waals surface area contributed by atoms with Gasteiger partial charge in [-0.2, -0.15) is 5.26 Å². The molecule has 0 N–H and O–H groups in total. The number of ether oxygens (including phenoxy) is 1. The highest BCUT2D eigenvalue weighted by molar-refractivity contribution is 8.26. The molecule has 0 aliphatic carbocycles. The lowest BCUT2D eigenvalue weighted by Crippen LogP contribution is -2.34. The molecule has 0 unspecified atom stereocenters. The topological polar surface area (TPSA) is 78.6 Å². The minimum absolute atomic E-state index is 0.114. The van der Waals surface area contributed by atoms with Gasteiger partial charge in [0.15, 0.2) is 0 Å². The van der Waals surface area contributed by atoms with Gasteiger partial charge in [0.2, 0.25) is 0 Å². The third-order valence-electron chi connectivity index (χ3n) is 5.75. The molecule has 9 heteroatoms. The number of rotatable bonds is 6. The second-order valence-corrected chi connectivity index (χ2v) is 9.47. The standard InChI is InChI=1S/C22H28N4O3S2/c1-15-16(13-18-21(28)26(22(30)31-18)11-8-12-29-3)19(24(2)20(27)17(15)14-23)25-9-6-4-5-7-10-25/h13H,4-12H2,1-3H3/b18-13-. The number of thiocarbonyl (C=S) groups is 1. The summed E-state index contributed by atoms with van der Waals surface area (Å²) >= 11 is 6.70. The second kappa shape index (κ2) is 10.4. The van der Waals surface area contributed by atoms with Crippen molar-refractivity contribution in [1.82, 2.24) is 9.47 Å². The van der Waals surface area contributed by atoms with Crippen LogP contribution in [0.3, 0.4) is 0 Å². The van der Waals surface area contributed by atoms with Crippen molar-refractivity contribution in [2.45, 2.75) is 39.0 Å². The Morgan fingerprint density at radius 1 is 1.23 bits per heavy atom. The molecule has 0 spiro atoms. The van der Waals surface area contributed by atoms with Crippen molar-refractivity contribution in [3.05, 3.63) is 31.9 Å². The Labute approximate surface area is 192 Å². The molecule has 31 heavy (non-hydrogen) atoms. The largest absolute Gasteiger partial charge is 0.385 e. The summed E-state index contributed by atoms with van der Waals surface area (Å²) in [5, 5.41) is 9.60. The van der Waals surface area contributed by atoms with Crippen LogP contribution < -0.4 is 10.5 Å². The number of carbonyl (C=O) groups is 1. The van der Waals surface area contributed by atoms with Crippen molar-refractivity contribution in [3.8, 4) is 6.07 Å². The number of carbonyl (C=O) groups excluding carboxylic acids is 1. The van der Waals surface area contributed by atoms with Gasteiger partial charge in [-0.05, 0) is 37.8 Å². The molecule has 1 aromatic heterocycles. The quantitative estimate of drug-likeness (QED) is 0.366. The van der Waals surface area contributed by atoms with Crippen molar-refractivity contribution < 1.29 is 9.53 Å². The fourth-order valence-electron chi connectivity index (χ4n) is 4.07. The monoisotopic (exact) mass is 460 g/mol. The number of hydrogen-bond acceptors (Lipinski definition) is 7. The van der Waals surface area contributed by atoms with Gasteiger partial charge in [0.25, 0.3) is 11.5 Å². The van der Waals surface area contributed by atoms with Crippen molar-refractivity contribution in [2.24, 2.45) is 7.05 Å². The van der Waals surface area contributed by atoms with E-state index in [1.807, 2.05) is 6.08 Å². The molecule has 3 heterocycles. The summed E-state index contributed by atoms with van der Waals surface area (Å²) in [6.45, 7) is 4.53. The third-order valence-corrected chi connectivity index (χ3v) is 7.13. The Kier molecular flexibility index (Phi) is 7.92. The maximum absolute atomic E-state index is 13.0. The number of methoxy groups -OCH3 is 1. The van der Waals surface area contributed by atoms with Crippen molar-refractivity contribution in [2.75, 3.05) is 38.3 Å². The van der Waals surface area contributed by atoms with Gasteiger partial charge in [-0.1, -0.05) is 36.8 Å². The summed E-state index contributed by atoms with van der Waals surface area (Å²) < 4.78 is 7.16. The Balaban J connectivity index is 2.08. The fourth-order valence-corrected chi connectivity index (χ4v) is 5.36. The summed E-state index contributed by atoms with van der Waals surface area (Å²) in [7, 11) is 3.33. The molecule has 0 radical (unpaired) electrons. The minimum Gasteiger partial charge on any atom is -0.385 e. The van der Waals surface area contributed by atoms with E-state index in [1.165, 1.54) is 11.8 Å². The first kappa shape index (κ1) is 23.5. The van der Waals surface area contributed by atoms with E-state index < -0.39 is 0 Å². The zero-order valence-corrected chi connectivity index (χ0v) is 19.9. The van der Waals surface area contributed by atoms with Gasteiger partial charge in [-0.3, -0.25) is 19.1 Å². The zero-order chi connectivity index (χ0) is 22.5. The van der Waals surface area contributed by atoms with Crippen LogP contribution in [0.1, 0.15) is 48.8 Å². The van der Waals surface area contributed by atoms with Crippen LogP contribution in [0.15, 0.2) is 9.70 Å². The number of amides is 1. The Morgan fingerprint density at radius 3 is 2.52 bits per heavy atom. The SMILES string of the molecule is COCCCN1C(=O)/C(=C/c2c(C)c(C#N)c(=O)n(C)c2N2CCCCCC2)SC1=S. The lowest BCUT2D eigenvalue weighted by molar-refractivity contribution is -0.122. The summed E-state index contributed by atoms with van der Waals surface area (Å²) in [5.41, 5.74) is 1.17. The van der Waals surface area contributed by atoms with E-state index in [4.69, 9.17) is 17.0 Å². The van der Waals surface area contributed by atoms with Crippen LogP contribution in [0.4, 0.5) is 5.82 Å². The van der Waals surface area contributed by atoms with Gasteiger partial charge in [0.1, 0.15) is 21.8 Å². The summed E-state index contributed by atoms with van der Waals surface area (Å²) in [6, 6.07) is 2.05. The van der Waals surface area contributed by atoms with E-state index in [-0.39, 0.29) is 17.0 Å². The smallest absolute Gasteiger partial charge is 0.270 e. The summed E-state index contributed by atoms with van der Waals surface area (Å²) in [4.78, 5) is 30.2. The van der Waals surface area contributed by atoms with Crippen LogP contribution in [0, 0.1) is 18.3 Å². The molecular formula is C22H28N4O3S2. The average molecular weight is 461 g/mol. The van der Waals surface area contributed by atoms with Crippen LogP contribution in [0.5, 0.6) is 0 Å². The first-order valence-corrected chi connectivity index (χ1v) is 11.8. The van der Waals surface area contributed by atoms with Crippen LogP contribution in [-0.4, -0.2) is 53.0 Å². The van der Waals surface area contributed by atoms with Crippen LogP contribution >= 0.6 is 24.0 Å². The van der Waals surface area contributed by atoms with E-state index in [0.717, 1.165) is 50.2 Å².